The smallest absolute Gasteiger partial charge is 0.0611 e. The SMILES string of the molecule is NC1(CO)CCCC(N2CCCC2C2CCCC2)C1. The fourth-order valence-electron chi connectivity index (χ4n) is 4.91. The second-order valence-electron chi connectivity index (χ2n) is 7.26. The van der Waals surface area contributed by atoms with E-state index in [0.29, 0.717) is 6.04 Å². The van der Waals surface area contributed by atoms with Gasteiger partial charge in [0.25, 0.3) is 0 Å². The molecule has 1 heterocycles. The molecule has 0 radical (unpaired) electrons. The zero-order chi connectivity index (χ0) is 13.3. The largest absolute Gasteiger partial charge is 0.394 e. The Bertz CT molecular complexity index is 303. The minimum atomic E-state index is -0.300. The van der Waals surface area contributed by atoms with Crippen molar-refractivity contribution in [3.05, 3.63) is 0 Å². The van der Waals surface area contributed by atoms with Crippen molar-refractivity contribution in [3.63, 3.8) is 0 Å². The quantitative estimate of drug-likeness (QED) is 0.824. The van der Waals surface area contributed by atoms with Crippen LogP contribution in [0.5, 0.6) is 0 Å². The third kappa shape index (κ3) is 2.84. The van der Waals surface area contributed by atoms with Crippen molar-refractivity contribution >= 4 is 0 Å². The van der Waals surface area contributed by atoms with Crippen LogP contribution in [0.2, 0.25) is 0 Å². The zero-order valence-electron chi connectivity index (χ0n) is 12.2. The molecule has 3 aliphatic rings. The fourth-order valence-corrected chi connectivity index (χ4v) is 4.91. The van der Waals surface area contributed by atoms with E-state index < -0.39 is 0 Å². The molecule has 3 unspecified atom stereocenters. The zero-order valence-corrected chi connectivity index (χ0v) is 12.2. The molecule has 110 valence electrons. The highest BCUT2D eigenvalue weighted by atomic mass is 16.3. The molecule has 0 spiro atoms. The fraction of sp³-hybridized carbons (Fsp3) is 1.00. The van der Waals surface area contributed by atoms with Gasteiger partial charge in [0.15, 0.2) is 0 Å². The molecule has 0 amide bonds. The second kappa shape index (κ2) is 5.71. The first-order valence-electron chi connectivity index (χ1n) is 8.37. The summed E-state index contributed by atoms with van der Waals surface area (Å²) in [6.45, 7) is 1.43. The van der Waals surface area contributed by atoms with Gasteiger partial charge in [-0.1, -0.05) is 12.8 Å². The van der Waals surface area contributed by atoms with Crippen LogP contribution in [0.3, 0.4) is 0 Å². The van der Waals surface area contributed by atoms with Crippen molar-refractivity contribution in [3.8, 4) is 0 Å². The summed E-state index contributed by atoms with van der Waals surface area (Å²) in [5.74, 6) is 0.950. The molecular formula is C16H30N2O. The van der Waals surface area contributed by atoms with Crippen molar-refractivity contribution in [2.24, 2.45) is 11.7 Å². The number of aliphatic hydroxyl groups is 1. The van der Waals surface area contributed by atoms with Gasteiger partial charge in [0.2, 0.25) is 0 Å². The van der Waals surface area contributed by atoms with Gasteiger partial charge in [-0.3, -0.25) is 4.90 Å². The van der Waals surface area contributed by atoms with E-state index in [1.807, 2.05) is 0 Å². The predicted octanol–water partition coefficient (Wildman–Crippen LogP) is 2.27. The first kappa shape index (κ1) is 13.8. The molecule has 3 N–H and O–H groups in total. The van der Waals surface area contributed by atoms with Crippen LogP contribution >= 0.6 is 0 Å². The van der Waals surface area contributed by atoms with E-state index in [1.54, 1.807) is 0 Å². The molecule has 19 heavy (non-hydrogen) atoms. The predicted molar refractivity (Wildman–Crippen MR) is 77.9 cm³/mol. The van der Waals surface area contributed by atoms with E-state index >= 15 is 0 Å². The molecule has 0 bridgehead atoms. The molecule has 2 saturated carbocycles. The van der Waals surface area contributed by atoms with E-state index in [1.165, 1.54) is 57.9 Å². The van der Waals surface area contributed by atoms with Crippen LogP contribution in [0, 0.1) is 5.92 Å². The molecule has 3 fully saturated rings. The van der Waals surface area contributed by atoms with Crippen LogP contribution in [0.25, 0.3) is 0 Å². The summed E-state index contributed by atoms with van der Waals surface area (Å²) in [6, 6.07) is 1.47. The topological polar surface area (TPSA) is 49.5 Å². The van der Waals surface area contributed by atoms with Crippen LogP contribution in [0.15, 0.2) is 0 Å². The number of hydrogen-bond donors (Lipinski definition) is 2. The molecule has 3 atom stereocenters. The summed E-state index contributed by atoms with van der Waals surface area (Å²) in [4.78, 5) is 2.78. The van der Waals surface area contributed by atoms with Crippen LogP contribution in [0.1, 0.15) is 64.2 Å². The van der Waals surface area contributed by atoms with Gasteiger partial charge < -0.3 is 10.8 Å². The van der Waals surface area contributed by atoms with E-state index in [0.717, 1.165) is 24.8 Å². The average Bonchev–Trinajstić information content (AvgIpc) is 3.09. The van der Waals surface area contributed by atoms with Crippen molar-refractivity contribution < 1.29 is 5.11 Å². The number of rotatable bonds is 3. The van der Waals surface area contributed by atoms with Gasteiger partial charge in [0.05, 0.1) is 6.61 Å². The molecule has 1 saturated heterocycles. The van der Waals surface area contributed by atoms with Gasteiger partial charge in [-0.2, -0.15) is 0 Å². The molecule has 0 aromatic rings. The molecule has 0 aromatic heterocycles. The summed E-state index contributed by atoms with van der Waals surface area (Å²) in [6.07, 6.45) is 13.0. The number of hydrogen-bond acceptors (Lipinski definition) is 3. The Labute approximate surface area is 117 Å². The van der Waals surface area contributed by atoms with Gasteiger partial charge in [-0.15, -0.1) is 0 Å². The van der Waals surface area contributed by atoms with E-state index in [-0.39, 0.29) is 12.1 Å². The summed E-state index contributed by atoms with van der Waals surface area (Å²) >= 11 is 0. The lowest BCUT2D eigenvalue weighted by Crippen LogP contribution is -2.54. The number of nitrogens with two attached hydrogens (primary N) is 1. The third-order valence-corrected chi connectivity index (χ3v) is 5.92. The van der Waals surface area contributed by atoms with Crippen LogP contribution in [0.4, 0.5) is 0 Å². The lowest BCUT2D eigenvalue weighted by Gasteiger charge is -2.44. The normalized spacial score (nSPS) is 42.0. The molecule has 3 nitrogen and oxygen atoms in total. The monoisotopic (exact) mass is 266 g/mol. The van der Waals surface area contributed by atoms with E-state index in [2.05, 4.69) is 4.90 Å². The highest BCUT2D eigenvalue weighted by Gasteiger charge is 2.41. The number of nitrogens with zero attached hydrogens (tertiary/aromatic N) is 1. The van der Waals surface area contributed by atoms with Crippen molar-refractivity contribution in [1.82, 2.24) is 4.90 Å². The minimum absolute atomic E-state index is 0.158. The third-order valence-electron chi connectivity index (χ3n) is 5.92. The molecule has 3 heteroatoms. The maximum Gasteiger partial charge on any atom is 0.0611 e. The average molecular weight is 266 g/mol. The highest BCUT2D eigenvalue weighted by Crippen LogP contribution is 2.39. The van der Waals surface area contributed by atoms with Gasteiger partial charge >= 0.3 is 0 Å². The van der Waals surface area contributed by atoms with E-state index in [4.69, 9.17) is 5.73 Å². The summed E-state index contributed by atoms with van der Waals surface area (Å²) in [5.41, 5.74) is 6.04. The van der Waals surface area contributed by atoms with Gasteiger partial charge in [0.1, 0.15) is 0 Å². The van der Waals surface area contributed by atoms with Crippen LogP contribution in [-0.4, -0.2) is 40.8 Å². The summed E-state index contributed by atoms with van der Waals surface area (Å²) in [5, 5.41) is 9.54. The van der Waals surface area contributed by atoms with Gasteiger partial charge in [-0.05, 0) is 63.8 Å². The lowest BCUT2D eigenvalue weighted by atomic mass is 9.79. The number of aliphatic hydroxyl groups excluding tert-OH is 1. The molecule has 1 aliphatic heterocycles. The second-order valence-corrected chi connectivity index (χ2v) is 7.26. The molecule has 0 aromatic carbocycles. The number of likely N-dealkylation sites (tertiary alicyclic amines) is 1. The first-order valence-corrected chi connectivity index (χ1v) is 8.37. The highest BCUT2D eigenvalue weighted by molar-refractivity contribution is 4.98. The Morgan fingerprint density at radius 3 is 2.58 bits per heavy atom. The van der Waals surface area contributed by atoms with Crippen molar-refractivity contribution in [1.29, 1.82) is 0 Å². The molecule has 3 rings (SSSR count). The Balaban J connectivity index is 1.66. The van der Waals surface area contributed by atoms with Crippen LogP contribution < -0.4 is 5.73 Å². The molecule has 2 aliphatic carbocycles. The van der Waals surface area contributed by atoms with E-state index in [9.17, 15) is 5.11 Å². The standard InChI is InChI=1S/C16H30N2O/c17-16(12-19)9-3-7-14(11-16)18-10-4-8-15(18)13-5-1-2-6-13/h13-15,19H,1-12,17H2. The maximum absolute atomic E-state index is 9.54. The minimum Gasteiger partial charge on any atom is -0.394 e. The maximum atomic E-state index is 9.54. The Morgan fingerprint density at radius 2 is 1.84 bits per heavy atom. The van der Waals surface area contributed by atoms with Gasteiger partial charge in [-0.25, -0.2) is 0 Å². The first-order chi connectivity index (χ1) is 9.22. The summed E-state index contributed by atoms with van der Waals surface area (Å²) < 4.78 is 0. The van der Waals surface area contributed by atoms with Crippen LogP contribution in [-0.2, 0) is 0 Å². The van der Waals surface area contributed by atoms with Crippen molar-refractivity contribution in [2.75, 3.05) is 13.2 Å². The lowest BCUT2D eigenvalue weighted by molar-refractivity contribution is 0.0585. The Morgan fingerprint density at radius 1 is 1.05 bits per heavy atom. The van der Waals surface area contributed by atoms with Gasteiger partial charge in [0, 0.05) is 17.6 Å². The Hall–Kier alpha value is -0.120. The van der Waals surface area contributed by atoms with Crippen molar-refractivity contribution in [2.45, 2.75) is 81.8 Å². The Kier molecular flexibility index (Phi) is 4.16. The summed E-state index contributed by atoms with van der Waals surface area (Å²) in [7, 11) is 0. The molecular weight excluding hydrogens is 236 g/mol.